The van der Waals surface area contributed by atoms with Gasteiger partial charge in [0, 0.05) is 22.5 Å². The van der Waals surface area contributed by atoms with Gasteiger partial charge in [0.1, 0.15) is 11.6 Å². The molecule has 1 heterocycles. The van der Waals surface area contributed by atoms with Crippen LogP contribution in [0.25, 0.3) is 11.1 Å². The Hall–Kier alpha value is -3.08. The van der Waals surface area contributed by atoms with Crippen LogP contribution in [-0.2, 0) is 13.0 Å². The summed E-state index contributed by atoms with van der Waals surface area (Å²) in [6.07, 6.45) is 1.68. The van der Waals surface area contributed by atoms with Crippen molar-refractivity contribution in [3.63, 3.8) is 0 Å². The highest BCUT2D eigenvalue weighted by atomic mass is 19.1. The van der Waals surface area contributed by atoms with Gasteiger partial charge in [0.15, 0.2) is 0 Å². The third-order valence-corrected chi connectivity index (χ3v) is 5.02. The molecule has 0 radical (unpaired) electrons. The van der Waals surface area contributed by atoms with E-state index < -0.39 is 5.91 Å². The van der Waals surface area contributed by atoms with Gasteiger partial charge in [0.25, 0.3) is 5.91 Å². The monoisotopic (exact) mass is 380 g/mol. The molecular weight excluding hydrogens is 355 g/mol. The molecule has 0 spiro atoms. The lowest BCUT2D eigenvalue weighted by molar-refractivity contribution is 0.1000. The first-order valence-corrected chi connectivity index (χ1v) is 9.37. The fourth-order valence-corrected chi connectivity index (χ4v) is 3.74. The van der Waals surface area contributed by atoms with Crippen molar-refractivity contribution in [3.8, 4) is 16.9 Å². The quantitative estimate of drug-likeness (QED) is 0.645. The minimum Gasteiger partial charge on any atom is -0.496 e. The minimum absolute atomic E-state index is 0.313. The second kappa shape index (κ2) is 8.30. The Balaban J connectivity index is 2.23. The van der Waals surface area contributed by atoms with Crippen LogP contribution in [0.5, 0.6) is 5.75 Å². The Bertz CT molecular complexity index is 991. The van der Waals surface area contributed by atoms with Crippen LogP contribution >= 0.6 is 0 Å². The molecule has 0 bridgehead atoms. The summed E-state index contributed by atoms with van der Waals surface area (Å²) in [5, 5.41) is 0. The number of methoxy groups -OCH3 is 1. The lowest BCUT2D eigenvalue weighted by Crippen LogP contribution is -2.13. The average molecular weight is 380 g/mol. The normalized spacial score (nSPS) is 10.9. The SMILES string of the molecule is CCCc1c(-c2ccc(F)cc2)c(C(N)=O)c(C)n1Cc1ccccc1OC. The largest absolute Gasteiger partial charge is 0.496 e. The Labute approximate surface area is 164 Å². The molecule has 0 unspecified atom stereocenters. The molecule has 0 atom stereocenters. The van der Waals surface area contributed by atoms with Gasteiger partial charge < -0.3 is 15.0 Å². The minimum atomic E-state index is -0.479. The highest BCUT2D eigenvalue weighted by Crippen LogP contribution is 2.35. The lowest BCUT2D eigenvalue weighted by atomic mass is 9.98. The number of ether oxygens (including phenoxy) is 1. The van der Waals surface area contributed by atoms with E-state index in [0.29, 0.717) is 12.1 Å². The molecule has 0 aliphatic rings. The molecule has 146 valence electrons. The summed E-state index contributed by atoms with van der Waals surface area (Å²) in [4.78, 5) is 12.3. The second-order valence-electron chi connectivity index (χ2n) is 6.80. The number of hydrogen-bond donors (Lipinski definition) is 1. The summed E-state index contributed by atoms with van der Waals surface area (Å²) >= 11 is 0. The van der Waals surface area contributed by atoms with Gasteiger partial charge in [-0.15, -0.1) is 0 Å². The van der Waals surface area contributed by atoms with Crippen LogP contribution in [-0.4, -0.2) is 17.6 Å². The third-order valence-electron chi connectivity index (χ3n) is 5.02. The maximum Gasteiger partial charge on any atom is 0.251 e. The zero-order valence-corrected chi connectivity index (χ0v) is 16.5. The Kier molecular flexibility index (Phi) is 5.83. The predicted octanol–water partition coefficient (Wildman–Crippen LogP) is 4.71. The molecule has 1 aromatic heterocycles. The number of para-hydroxylation sites is 1. The van der Waals surface area contributed by atoms with E-state index in [9.17, 15) is 9.18 Å². The fraction of sp³-hybridized carbons (Fsp3) is 0.261. The first-order chi connectivity index (χ1) is 13.5. The van der Waals surface area contributed by atoms with Crippen LogP contribution in [0, 0.1) is 12.7 Å². The van der Waals surface area contributed by atoms with Crippen molar-refractivity contribution in [1.29, 1.82) is 0 Å². The van der Waals surface area contributed by atoms with Crippen molar-refractivity contribution in [2.75, 3.05) is 7.11 Å². The highest BCUT2D eigenvalue weighted by molar-refractivity contribution is 6.02. The molecule has 0 saturated carbocycles. The Morgan fingerprint density at radius 3 is 2.43 bits per heavy atom. The van der Waals surface area contributed by atoms with Gasteiger partial charge in [-0.2, -0.15) is 0 Å². The van der Waals surface area contributed by atoms with Crippen LogP contribution in [0.15, 0.2) is 48.5 Å². The molecule has 0 aliphatic carbocycles. The number of rotatable bonds is 7. The third kappa shape index (κ3) is 3.65. The van der Waals surface area contributed by atoms with E-state index in [1.165, 1.54) is 12.1 Å². The Morgan fingerprint density at radius 2 is 1.82 bits per heavy atom. The molecule has 0 fully saturated rings. The molecule has 2 aromatic carbocycles. The van der Waals surface area contributed by atoms with Gasteiger partial charge in [0.2, 0.25) is 0 Å². The lowest BCUT2D eigenvalue weighted by Gasteiger charge is -2.15. The molecule has 3 rings (SSSR count). The van der Waals surface area contributed by atoms with Gasteiger partial charge in [-0.3, -0.25) is 4.79 Å². The molecule has 5 heteroatoms. The zero-order chi connectivity index (χ0) is 20.3. The van der Waals surface area contributed by atoms with Crippen molar-refractivity contribution in [1.82, 2.24) is 4.57 Å². The number of carbonyl (C=O) groups excluding carboxylic acids is 1. The number of hydrogen-bond acceptors (Lipinski definition) is 2. The van der Waals surface area contributed by atoms with Crippen molar-refractivity contribution in [2.24, 2.45) is 5.73 Å². The van der Waals surface area contributed by atoms with E-state index in [1.54, 1.807) is 19.2 Å². The summed E-state index contributed by atoms with van der Waals surface area (Å²) in [6.45, 7) is 4.56. The molecular formula is C23H25FN2O2. The summed E-state index contributed by atoms with van der Waals surface area (Å²) in [5.41, 5.74) is 10.7. The summed E-state index contributed by atoms with van der Waals surface area (Å²) < 4.78 is 21.1. The number of amides is 1. The second-order valence-corrected chi connectivity index (χ2v) is 6.80. The van der Waals surface area contributed by atoms with E-state index >= 15 is 0 Å². The summed E-state index contributed by atoms with van der Waals surface area (Å²) in [5.74, 6) is 0.00144. The maximum atomic E-state index is 13.5. The van der Waals surface area contributed by atoms with Gasteiger partial charge >= 0.3 is 0 Å². The molecule has 0 saturated heterocycles. The first kappa shape index (κ1) is 19.7. The molecule has 1 amide bonds. The molecule has 28 heavy (non-hydrogen) atoms. The van der Waals surface area contributed by atoms with Gasteiger partial charge in [-0.1, -0.05) is 43.7 Å². The van der Waals surface area contributed by atoms with Crippen molar-refractivity contribution in [2.45, 2.75) is 33.2 Å². The summed E-state index contributed by atoms with van der Waals surface area (Å²) in [6, 6.07) is 14.0. The maximum absolute atomic E-state index is 13.5. The fourth-order valence-electron chi connectivity index (χ4n) is 3.74. The number of nitrogens with two attached hydrogens (primary N) is 1. The van der Waals surface area contributed by atoms with Crippen molar-refractivity contribution in [3.05, 3.63) is 76.9 Å². The van der Waals surface area contributed by atoms with E-state index in [-0.39, 0.29) is 5.82 Å². The number of benzene rings is 2. The topological polar surface area (TPSA) is 57.2 Å². The van der Waals surface area contributed by atoms with E-state index in [2.05, 4.69) is 11.5 Å². The molecule has 0 aliphatic heterocycles. The van der Waals surface area contributed by atoms with Crippen LogP contribution in [0.1, 0.15) is 40.7 Å². The van der Waals surface area contributed by atoms with Gasteiger partial charge in [-0.05, 0) is 37.1 Å². The van der Waals surface area contributed by atoms with Crippen LogP contribution in [0.3, 0.4) is 0 Å². The molecule has 2 N–H and O–H groups in total. The van der Waals surface area contributed by atoms with E-state index in [0.717, 1.165) is 46.7 Å². The predicted molar refractivity (Wildman–Crippen MR) is 109 cm³/mol. The zero-order valence-electron chi connectivity index (χ0n) is 16.5. The summed E-state index contributed by atoms with van der Waals surface area (Å²) in [7, 11) is 1.65. The highest BCUT2D eigenvalue weighted by Gasteiger charge is 2.24. The number of carbonyl (C=O) groups is 1. The van der Waals surface area contributed by atoms with Crippen molar-refractivity contribution < 1.29 is 13.9 Å². The van der Waals surface area contributed by atoms with Gasteiger partial charge in [-0.25, -0.2) is 4.39 Å². The van der Waals surface area contributed by atoms with Crippen LogP contribution in [0.4, 0.5) is 4.39 Å². The van der Waals surface area contributed by atoms with E-state index in [4.69, 9.17) is 10.5 Å². The molecule has 3 aromatic rings. The number of aromatic nitrogens is 1. The van der Waals surface area contributed by atoms with Gasteiger partial charge in [0.05, 0.1) is 19.2 Å². The number of nitrogens with zero attached hydrogens (tertiary/aromatic N) is 1. The van der Waals surface area contributed by atoms with Crippen molar-refractivity contribution >= 4 is 5.91 Å². The van der Waals surface area contributed by atoms with Crippen LogP contribution < -0.4 is 10.5 Å². The van der Waals surface area contributed by atoms with Crippen LogP contribution in [0.2, 0.25) is 0 Å². The van der Waals surface area contributed by atoms with E-state index in [1.807, 2.05) is 31.2 Å². The Morgan fingerprint density at radius 1 is 1.14 bits per heavy atom. The smallest absolute Gasteiger partial charge is 0.251 e. The first-order valence-electron chi connectivity index (χ1n) is 9.37. The average Bonchev–Trinajstić information content (AvgIpc) is 2.95. The number of halogens is 1. The number of primary amides is 1. The molecule has 4 nitrogen and oxygen atoms in total. The standard InChI is InChI=1S/C23H25FN2O2/c1-4-7-19-22(16-10-12-18(24)13-11-16)21(23(25)27)15(2)26(19)14-17-8-5-6-9-20(17)28-3/h5-6,8-13H,4,7,14H2,1-3H3,(H2,25,27).